The van der Waals surface area contributed by atoms with E-state index in [0.717, 1.165) is 12.1 Å². The minimum absolute atomic E-state index is 0.0755. The zero-order chi connectivity index (χ0) is 15.7. The van der Waals surface area contributed by atoms with Crippen LogP contribution >= 0.6 is 11.6 Å². The van der Waals surface area contributed by atoms with Crippen molar-refractivity contribution < 1.29 is 13.9 Å². The average molecular weight is 309 g/mol. The van der Waals surface area contributed by atoms with Crippen molar-refractivity contribution in [3.8, 4) is 11.5 Å². The highest BCUT2D eigenvalue weighted by Gasteiger charge is 2.16. The highest BCUT2D eigenvalue weighted by atomic mass is 35.5. The van der Waals surface area contributed by atoms with Crippen LogP contribution in [0.25, 0.3) is 0 Å². The molecule has 0 aliphatic carbocycles. The number of nitrogen functional groups attached to an aromatic ring is 2. The van der Waals surface area contributed by atoms with Crippen LogP contribution in [0.15, 0.2) is 24.3 Å². The first kappa shape index (κ1) is 15.1. The second kappa shape index (κ2) is 5.61. The molecule has 2 aromatic carbocycles. The molecule has 0 spiro atoms. The molecule has 0 aromatic heterocycles. The van der Waals surface area contributed by atoms with Gasteiger partial charge in [-0.05, 0) is 32.0 Å². The molecule has 2 aromatic rings. The van der Waals surface area contributed by atoms with Crippen LogP contribution in [0.3, 0.4) is 0 Å². The topological polar surface area (TPSA) is 78.3 Å². The molecule has 2 rings (SSSR count). The van der Waals surface area contributed by atoms with Crippen LogP contribution in [0.5, 0.6) is 11.5 Å². The Bertz CT molecular complexity index is 732. The molecule has 0 bridgehead atoms. The van der Waals surface area contributed by atoms with E-state index in [2.05, 4.69) is 0 Å². The molecule has 4 nitrogen and oxygen atoms in total. The first-order valence-electron chi connectivity index (χ1n) is 6.13. The molecule has 0 unspecified atom stereocenters. The fourth-order valence-corrected chi connectivity index (χ4v) is 2.22. The lowest BCUT2D eigenvalue weighted by Crippen LogP contribution is -2.04. The lowest BCUT2D eigenvalue weighted by atomic mass is 10.0. The number of carbonyl (C=O) groups is 1. The summed E-state index contributed by atoms with van der Waals surface area (Å²) in [4.78, 5) is 11.6. The molecule has 6 heteroatoms. The van der Waals surface area contributed by atoms with Gasteiger partial charge in [-0.2, -0.15) is 0 Å². The molecule has 0 fully saturated rings. The molecule has 0 aliphatic heterocycles. The van der Waals surface area contributed by atoms with Gasteiger partial charge in [0.25, 0.3) is 0 Å². The third-order valence-corrected chi connectivity index (χ3v) is 3.46. The van der Waals surface area contributed by atoms with Crippen LogP contribution in [0.1, 0.15) is 22.8 Å². The van der Waals surface area contributed by atoms with E-state index in [1.54, 1.807) is 19.1 Å². The van der Waals surface area contributed by atoms with Crippen molar-refractivity contribution in [1.82, 2.24) is 0 Å². The van der Waals surface area contributed by atoms with Gasteiger partial charge in [-0.3, -0.25) is 4.79 Å². The van der Waals surface area contributed by atoms with E-state index in [4.69, 9.17) is 27.8 Å². The van der Waals surface area contributed by atoms with Crippen LogP contribution in [-0.2, 0) is 0 Å². The summed E-state index contributed by atoms with van der Waals surface area (Å²) in [6, 6.07) is 5.37. The van der Waals surface area contributed by atoms with Gasteiger partial charge in [-0.1, -0.05) is 11.6 Å². The summed E-state index contributed by atoms with van der Waals surface area (Å²) in [5.74, 6) is -0.301. The number of rotatable bonds is 3. The predicted molar refractivity (Wildman–Crippen MR) is 81.5 cm³/mol. The zero-order valence-electron chi connectivity index (χ0n) is 11.5. The van der Waals surface area contributed by atoms with E-state index in [9.17, 15) is 9.18 Å². The van der Waals surface area contributed by atoms with Crippen molar-refractivity contribution in [1.29, 1.82) is 0 Å². The number of nitrogens with two attached hydrogens (primary N) is 2. The Morgan fingerprint density at radius 2 is 1.86 bits per heavy atom. The van der Waals surface area contributed by atoms with Gasteiger partial charge in [-0.25, -0.2) is 4.39 Å². The summed E-state index contributed by atoms with van der Waals surface area (Å²) < 4.78 is 19.0. The number of ketones is 1. The molecule has 0 saturated carbocycles. The first-order valence-corrected chi connectivity index (χ1v) is 6.51. The number of hydrogen-bond donors (Lipinski definition) is 2. The van der Waals surface area contributed by atoms with Crippen LogP contribution in [0, 0.1) is 12.7 Å². The van der Waals surface area contributed by atoms with Crippen molar-refractivity contribution >= 4 is 28.8 Å². The maximum Gasteiger partial charge on any atom is 0.162 e. The number of Topliss-reactive ketones (excluding diaryl/α,β-unsaturated/α-hetero) is 1. The molecule has 4 N–H and O–H groups in total. The van der Waals surface area contributed by atoms with Gasteiger partial charge < -0.3 is 16.2 Å². The highest BCUT2D eigenvalue weighted by molar-refractivity contribution is 6.34. The Balaban J connectivity index is 2.51. The van der Waals surface area contributed by atoms with Gasteiger partial charge in [0, 0.05) is 22.9 Å². The van der Waals surface area contributed by atoms with Gasteiger partial charge in [0.05, 0.1) is 5.69 Å². The van der Waals surface area contributed by atoms with E-state index in [0.29, 0.717) is 22.6 Å². The maximum atomic E-state index is 13.4. The predicted octanol–water partition coefficient (Wildman–Crippen LogP) is 3.95. The second-order valence-electron chi connectivity index (χ2n) is 4.62. The van der Waals surface area contributed by atoms with Crippen molar-refractivity contribution in [2.75, 3.05) is 11.5 Å². The quantitative estimate of drug-likeness (QED) is 0.665. The van der Waals surface area contributed by atoms with Crippen LogP contribution in [-0.4, -0.2) is 5.78 Å². The Hall–Kier alpha value is -2.27. The van der Waals surface area contributed by atoms with Crippen LogP contribution in [0.4, 0.5) is 15.8 Å². The second-order valence-corrected chi connectivity index (χ2v) is 5.00. The van der Waals surface area contributed by atoms with E-state index in [1.165, 1.54) is 6.92 Å². The van der Waals surface area contributed by atoms with E-state index < -0.39 is 5.82 Å². The maximum absolute atomic E-state index is 13.4. The third-order valence-electron chi connectivity index (χ3n) is 3.05. The summed E-state index contributed by atoms with van der Waals surface area (Å²) in [5.41, 5.74) is 12.7. The number of benzene rings is 2. The largest absolute Gasteiger partial charge is 0.455 e. The Morgan fingerprint density at radius 1 is 1.19 bits per heavy atom. The molecule has 110 valence electrons. The summed E-state index contributed by atoms with van der Waals surface area (Å²) >= 11 is 5.99. The molecule has 0 saturated heterocycles. The number of anilines is 2. The molecule has 0 aliphatic rings. The number of ether oxygens (including phenoxy) is 1. The fourth-order valence-electron chi connectivity index (χ4n) is 2.07. The average Bonchev–Trinajstić information content (AvgIpc) is 2.38. The summed E-state index contributed by atoms with van der Waals surface area (Å²) in [6.45, 7) is 3.11. The Labute approximate surface area is 126 Å². The van der Waals surface area contributed by atoms with Crippen molar-refractivity contribution in [2.45, 2.75) is 13.8 Å². The van der Waals surface area contributed by atoms with Gasteiger partial charge in [0.15, 0.2) is 11.5 Å². The molecule has 0 heterocycles. The molecular weight excluding hydrogens is 295 g/mol. The highest BCUT2D eigenvalue weighted by Crippen LogP contribution is 2.37. The minimum Gasteiger partial charge on any atom is -0.455 e. The normalized spacial score (nSPS) is 10.5. The summed E-state index contributed by atoms with van der Waals surface area (Å²) in [6.07, 6.45) is 0. The van der Waals surface area contributed by atoms with Gasteiger partial charge in [0.1, 0.15) is 16.6 Å². The van der Waals surface area contributed by atoms with Gasteiger partial charge >= 0.3 is 0 Å². The number of hydrogen-bond acceptors (Lipinski definition) is 4. The van der Waals surface area contributed by atoms with Gasteiger partial charge in [0.2, 0.25) is 0 Å². The molecule has 0 atom stereocenters. The monoisotopic (exact) mass is 308 g/mol. The Morgan fingerprint density at radius 3 is 2.48 bits per heavy atom. The zero-order valence-corrected chi connectivity index (χ0v) is 12.3. The number of halogens is 2. The van der Waals surface area contributed by atoms with Crippen LogP contribution in [0.2, 0.25) is 5.02 Å². The van der Waals surface area contributed by atoms with E-state index in [-0.39, 0.29) is 22.2 Å². The van der Waals surface area contributed by atoms with Gasteiger partial charge in [-0.15, -0.1) is 0 Å². The van der Waals surface area contributed by atoms with Crippen molar-refractivity contribution in [3.63, 3.8) is 0 Å². The van der Waals surface area contributed by atoms with Crippen LogP contribution < -0.4 is 16.2 Å². The third kappa shape index (κ3) is 2.92. The smallest absolute Gasteiger partial charge is 0.162 e. The molecule has 21 heavy (non-hydrogen) atoms. The molecule has 0 amide bonds. The Kier molecular flexibility index (Phi) is 4.04. The number of carbonyl (C=O) groups excluding carboxylic acids is 1. The summed E-state index contributed by atoms with van der Waals surface area (Å²) in [5, 5.41) is 0.108. The fraction of sp³-hybridized carbons (Fsp3) is 0.133. The van der Waals surface area contributed by atoms with Crippen molar-refractivity contribution in [2.24, 2.45) is 0 Å². The lowest BCUT2D eigenvalue weighted by molar-refractivity contribution is 0.101. The summed E-state index contributed by atoms with van der Waals surface area (Å²) in [7, 11) is 0. The minimum atomic E-state index is -0.563. The SMILES string of the molecule is CC(=O)c1c(N)ccc(Oc2cc(F)cc(N)c2Cl)c1C. The first-order chi connectivity index (χ1) is 9.81. The molecular formula is C15H14ClFN2O2. The lowest BCUT2D eigenvalue weighted by Gasteiger charge is -2.14. The van der Waals surface area contributed by atoms with E-state index >= 15 is 0 Å². The standard InChI is InChI=1S/C15H14ClFN2O2/c1-7-12(4-3-10(18)14(7)8(2)20)21-13-6-9(17)5-11(19)15(13)16/h3-6H,18-19H2,1-2H3. The van der Waals surface area contributed by atoms with Crippen molar-refractivity contribution in [3.05, 3.63) is 46.2 Å². The van der Waals surface area contributed by atoms with E-state index in [1.807, 2.05) is 0 Å². The molecule has 0 radical (unpaired) electrons.